The Kier molecular flexibility index (Phi) is 9.91. The topological polar surface area (TPSA) is 110 Å². The number of rotatable bonds is 10. The summed E-state index contributed by atoms with van der Waals surface area (Å²) in [5, 5.41) is 1.70. The van der Waals surface area contributed by atoms with Gasteiger partial charge in [-0.2, -0.15) is 0 Å². The Hall–Kier alpha value is -1.22. The van der Waals surface area contributed by atoms with Gasteiger partial charge in [0.15, 0.2) is 5.37 Å². The van der Waals surface area contributed by atoms with E-state index in [2.05, 4.69) is 5.32 Å². The van der Waals surface area contributed by atoms with Crippen molar-refractivity contribution < 1.29 is 19.2 Å². The molecule has 0 aromatic carbocycles. The normalized spacial score (nSPS) is 13.1. The van der Waals surface area contributed by atoms with Crippen LogP contribution in [-0.4, -0.2) is 58.2 Å². The molecule has 0 bridgehead atoms. The lowest BCUT2D eigenvalue weighted by Crippen LogP contribution is -2.45. The molecule has 0 heterocycles. The Balaban J connectivity index is 4.63. The van der Waals surface area contributed by atoms with Crippen molar-refractivity contribution in [2.75, 3.05) is 24.4 Å². The van der Waals surface area contributed by atoms with Crippen LogP contribution in [0.5, 0.6) is 0 Å². The highest BCUT2D eigenvalue weighted by atomic mass is 32.2. The molecule has 0 saturated carbocycles. The molecule has 0 aromatic heterocycles. The molecule has 3 N–H and O–H groups in total. The summed E-state index contributed by atoms with van der Waals surface area (Å²) in [4.78, 5) is 47.2. The van der Waals surface area contributed by atoms with Gasteiger partial charge >= 0.3 is 0 Å². The molecule has 0 fully saturated rings. The summed E-state index contributed by atoms with van der Waals surface area (Å²) in [6.45, 7) is 4.43. The fraction of sp³-hybridized carbons (Fsp3) is 0.692. The molecule has 7 nitrogen and oxygen atoms in total. The Morgan fingerprint density at radius 3 is 2.23 bits per heavy atom. The van der Waals surface area contributed by atoms with E-state index in [1.54, 1.807) is 6.92 Å². The SMILES string of the molecule is CSCN(C(C)=O)C(SCC(C)C(=O)NCC(C)=O)C(N)=O. The molecule has 0 spiro atoms. The zero-order valence-electron chi connectivity index (χ0n) is 13.3. The number of hydrogen-bond donors (Lipinski definition) is 2. The number of primary amides is 1. The van der Waals surface area contributed by atoms with E-state index in [9.17, 15) is 19.2 Å². The third kappa shape index (κ3) is 7.69. The maximum absolute atomic E-state index is 11.8. The second-order valence-corrected chi connectivity index (χ2v) is 6.76. The highest BCUT2D eigenvalue weighted by Crippen LogP contribution is 2.21. The molecule has 126 valence electrons. The second kappa shape index (κ2) is 10.5. The van der Waals surface area contributed by atoms with Crippen molar-refractivity contribution in [1.29, 1.82) is 0 Å². The molecule has 9 heteroatoms. The Bertz CT molecular complexity index is 432. The summed E-state index contributed by atoms with van der Waals surface area (Å²) in [5.74, 6) is -1.02. The summed E-state index contributed by atoms with van der Waals surface area (Å²) >= 11 is 2.55. The lowest BCUT2D eigenvalue weighted by Gasteiger charge is -2.28. The van der Waals surface area contributed by atoms with Crippen LogP contribution >= 0.6 is 23.5 Å². The van der Waals surface area contributed by atoms with Crippen LogP contribution in [0.3, 0.4) is 0 Å². The van der Waals surface area contributed by atoms with Gasteiger partial charge in [0, 0.05) is 18.6 Å². The molecule has 3 amide bonds. The summed E-state index contributed by atoms with van der Waals surface area (Å²) in [6, 6.07) is 0. The molecular weight excluding hydrogens is 326 g/mol. The summed E-state index contributed by atoms with van der Waals surface area (Å²) in [5.41, 5.74) is 5.36. The van der Waals surface area contributed by atoms with E-state index in [1.165, 1.54) is 30.5 Å². The fourth-order valence-corrected chi connectivity index (χ4v) is 3.38. The number of nitrogens with one attached hydrogen (secondary N) is 1. The lowest BCUT2D eigenvalue weighted by atomic mass is 10.2. The fourth-order valence-electron chi connectivity index (χ4n) is 1.49. The van der Waals surface area contributed by atoms with Crippen LogP contribution < -0.4 is 11.1 Å². The van der Waals surface area contributed by atoms with Crippen molar-refractivity contribution in [2.24, 2.45) is 11.7 Å². The predicted octanol–water partition coefficient (Wildman–Crippen LogP) is 0.0413. The Morgan fingerprint density at radius 2 is 1.82 bits per heavy atom. The first-order valence-electron chi connectivity index (χ1n) is 6.64. The lowest BCUT2D eigenvalue weighted by molar-refractivity contribution is -0.133. The van der Waals surface area contributed by atoms with Gasteiger partial charge in [-0.3, -0.25) is 19.2 Å². The van der Waals surface area contributed by atoms with Crippen LogP contribution in [0.4, 0.5) is 0 Å². The number of thioether (sulfide) groups is 2. The monoisotopic (exact) mass is 349 g/mol. The van der Waals surface area contributed by atoms with Gasteiger partial charge in [0.2, 0.25) is 11.8 Å². The van der Waals surface area contributed by atoms with Crippen molar-refractivity contribution in [3.05, 3.63) is 0 Å². The Labute approximate surface area is 139 Å². The average Bonchev–Trinajstić information content (AvgIpc) is 2.42. The van der Waals surface area contributed by atoms with E-state index >= 15 is 0 Å². The van der Waals surface area contributed by atoms with E-state index in [-0.39, 0.29) is 24.1 Å². The van der Waals surface area contributed by atoms with Crippen molar-refractivity contribution in [3.8, 4) is 0 Å². The third-order valence-corrected chi connectivity index (χ3v) is 4.69. The van der Waals surface area contributed by atoms with E-state index in [0.717, 1.165) is 11.8 Å². The quantitative estimate of drug-likeness (QED) is 0.539. The van der Waals surface area contributed by atoms with Gasteiger partial charge in [0.05, 0.1) is 12.4 Å². The first-order chi connectivity index (χ1) is 10.2. The molecular formula is C13H23N3O4S2. The van der Waals surface area contributed by atoms with Crippen molar-refractivity contribution in [2.45, 2.75) is 26.1 Å². The summed E-state index contributed by atoms with van der Waals surface area (Å²) in [6.07, 6.45) is 1.82. The van der Waals surface area contributed by atoms with Gasteiger partial charge in [0.25, 0.3) is 5.91 Å². The minimum absolute atomic E-state index is 0.0147. The zero-order chi connectivity index (χ0) is 17.3. The molecule has 0 aliphatic carbocycles. The van der Waals surface area contributed by atoms with E-state index in [0.29, 0.717) is 11.6 Å². The van der Waals surface area contributed by atoms with E-state index in [4.69, 9.17) is 5.73 Å². The number of Topliss-reactive ketones (excluding diaryl/α,β-unsaturated/α-hetero) is 1. The number of hydrogen-bond acceptors (Lipinski definition) is 6. The molecule has 0 rings (SSSR count). The first kappa shape index (κ1) is 20.8. The van der Waals surface area contributed by atoms with Crippen molar-refractivity contribution in [1.82, 2.24) is 10.2 Å². The minimum Gasteiger partial charge on any atom is -0.367 e. The van der Waals surface area contributed by atoms with Gasteiger partial charge in [-0.1, -0.05) is 6.92 Å². The largest absolute Gasteiger partial charge is 0.367 e. The number of nitrogens with two attached hydrogens (primary N) is 1. The smallest absolute Gasteiger partial charge is 0.250 e. The van der Waals surface area contributed by atoms with Crippen molar-refractivity contribution >= 4 is 47.0 Å². The molecule has 22 heavy (non-hydrogen) atoms. The second-order valence-electron chi connectivity index (χ2n) is 4.82. The highest BCUT2D eigenvalue weighted by molar-refractivity contribution is 8.00. The summed E-state index contributed by atoms with van der Waals surface area (Å²) in [7, 11) is 0. The molecule has 0 aromatic rings. The predicted molar refractivity (Wildman–Crippen MR) is 89.2 cm³/mol. The molecule has 2 unspecified atom stereocenters. The molecule has 0 aliphatic rings. The van der Waals surface area contributed by atoms with Gasteiger partial charge in [-0.25, -0.2) is 0 Å². The van der Waals surface area contributed by atoms with Crippen molar-refractivity contribution in [3.63, 3.8) is 0 Å². The van der Waals surface area contributed by atoms with Crippen LogP contribution in [0.25, 0.3) is 0 Å². The number of carbonyl (C=O) groups is 4. The third-order valence-electron chi connectivity index (χ3n) is 2.66. The summed E-state index contributed by atoms with van der Waals surface area (Å²) < 4.78 is 0. The first-order valence-corrected chi connectivity index (χ1v) is 9.09. The number of carbonyl (C=O) groups excluding carboxylic acids is 4. The maximum atomic E-state index is 11.8. The number of ketones is 1. The van der Waals surface area contributed by atoms with Gasteiger partial charge < -0.3 is 16.0 Å². The average molecular weight is 349 g/mol. The molecule has 0 aliphatic heterocycles. The number of amides is 3. The number of nitrogens with zero attached hydrogens (tertiary/aromatic N) is 1. The maximum Gasteiger partial charge on any atom is 0.250 e. The van der Waals surface area contributed by atoms with Crippen LogP contribution in [0, 0.1) is 5.92 Å². The zero-order valence-corrected chi connectivity index (χ0v) is 14.9. The van der Waals surface area contributed by atoms with Gasteiger partial charge in [-0.05, 0) is 13.2 Å². The van der Waals surface area contributed by atoms with E-state index < -0.39 is 17.2 Å². The Morgan fingerprint density at radius 1 is 1.23 bits per heavy atom. The molecule has 0 saturated heterocycles. The van der Waals surface area contributed by atoms with Crippen LogP contribution in [-0.2, 0) is 19.2 Å². The van der Waals surface area contributed by atoms with Gasteiger partial charge in [0.1, 0.15) is 5.78 Å². The van der Waals surface area contributed by atoms with Crippen LogP contribution in [0.2, 0.25) is 0 Å². The van der Waals surface area contributed by atoms with E-state index in [1.807, 2.05) is 6.26 Å². The van der Waals surface area contributed by atoms with Gasteiger partial charge in [-0.15, -0.1) is 23.5 Å². The van der Waals surface area contributed by atoms with Crippen LogP contribution in [0.1, 0.15) is 20.8 Å². The highest BCUT2D eigenvalue weighted by Gasteiger charge is 2.27. The molecule has 0 radical (unpaired) electrons. The standard InChI is InChI=1S/C13H23N3O4S2/c1-8(12(20)15-5-9(2)17)6-22-13(11(14)19)16(7-21-4)10(3)18/h8,13H,5-7H2,1-4H3,(H2,14,19)(H,15,20). The molecule has 2 atom stereocenters. The van der Waals surface area contributed by atoms with Crippen LogP contribution in [0.15, 0.2) is 0 Å². The minimum atomic E-state index is -0.812.